The summed E-state index contributed by atoms with van der Waals surface area (Å²) in [5.74, 6) is 0.144. The van der Waals surface area contributed by atoms with Crippen molar-refractivity contribution < 1.29 is 4.79 Å². The zero-order valence-electron chi connectivity index (χ0n) is 10.3. The highest BCUT2D eigenvalue weighted by Crippen LogP contribution is 2.35. The predicted octanol–water partition coefficient (Wildman–Crippen LogP) is 2.47. The predicted molar refractivity (Wildman–Crippen MR) is 67.0 cm³/mol. The zero-order chi connectivity index (χ0) is 11.9. The quantitative estimate of drug-likeness (QED) is 0.785. The molecule has 16 heavy (non-hydrogen) atoms. The number of hydrogen-bond acceptors (Lipinski definition) is 2. The third-order valence-corrected chi connectivity index (χ3v) is 3.17. The summed E-state index contributed by atoms with van der Waals surface area (Å²) in [6, 6.07) is 4.31. The van der Waals surface area contributed by atoms with Crippen LogP contribution in [-0.4, -0.2) is 18.5 Å². The summed E-state index contributed by atoms with van der Waals surface area (Å²) in [6.07, 6.45) is 0. The first kappa shape index (κ1) is 11.0. The Hall–Kier alpha value is -1.51. The van der Waals surface area contributed by atoms with Crippen LogP contribution in [0.5, 0.6) is 0 Å². The molecule has 0 bridgehead atoms. The Kier molecular flexibility index (Phi) is 2.62. The van der Waals surface area contributed by atoms with E-state index in [1.807, 2.05) is 24.8 Å². The fourth-order valence-corrected chi connectivity index (χ4v) is 2.18. The van der Waals surface area contributed by atoms with Crippen LogP contribution in [0.2, 0.25) is 0 Å². The van der Waals surface area contributed by atoms with E-state index in [0.29, 0.717) is 6.54 Å². The second kappa shape index (κ2) is 3.81. The largest absolute Gasteiger partial charge is 0.374 e. The van der Waals surface area contributed by atoms with Gasteiger partial charge in [-0.05, 0) is 44.9 Å². The molecule has 0 unspecified atom stereocenters. The summed E-state index contributed by atoms with van der Waals surface area (Å²) in [6.45, 7) is 8.67. The van der Waals surface area contributed by atoms with Gasteiger partial charge in [0.2, 0.25) is 5.91 Å². The average Bonchev–Trinajstić information content (AvgIpc) is 2.22. The molecular weight excluding hydrogens is 200 g/mol. The van der Waals surface area contributed by atoms with Crippen LogP contribution in [0.25, 0.3) is 0 Å². The molecule has 1 aliphatic heterocycles. The molecule has 1 aliphatic rings. The molecule has 0 radical (unpaired) electrons. The van der Waals surface area contributed by atoms with Crippen molar-refractivity contribution in [3.05, 3.63) is 23.3 Å². The van der Waals surface area contributed by atoms with E-state index in [2.05, 4.69) is 25.2 Å². The summed E-state index contributed by atoms with van der Waals surface area (Å²) < 4.78 is 0. The first-order valence-corrected chi connectivity index (χ1v) is 5.68. The minimum absolute atomic E-state index is 0.144. The Morgan fingerprint density at radius 1 is 1.31 bits per heavy atom. The molecule has 0 spiro atoms. The van der Waals surface area contributed by atoms with Gasteiger partial charge in [0.05, 0.1) is 17.9 Å². The van der Waals surface area contributed by atoms with Crippen molar-refractivity contribution in [1.29, 1.82) is 0 Å². The van der Waals surface area contributed by atoms with Gasteiger partial charge in [-0.3, -0.25) is 4.79 Å². The molecule has 3 heteroatoms. The maximum absolute atomic E-state index is 11.9. The highest BCUT2D eigenvalue weighted by molar-refractivity contribution is 6.03. The van der Waals surface area contributed by atoms with Crippen LogP contribution >= 0.6 is 0 Å². The first-order chi connectivity index (χ1) is 7.52. The zero-order valence-corrected chi connectivity index (χ0v) is 10.3. The maximum atomic E-state index is 11.9. The Labute approximate surface area is 96.5 Å². The summed E-state index contributed by atoms with van der Waals surface area (Å²) >= 11 is 0. The van der Waals surface area contributed by atoms with Crippen LogP contribution in [0.1, 0.15) is 25.0 Å². The summed E-state index contributed by atoms with van der Waals surface area (Å²) in [4.78, 5) is 13.7. The topological polar surface area (TPSA) is 32.3 Å². The van der Waals surface area contributed by atoms with E-state index in [0.717, 1.165) is 11.4 Å². The van der Waals surface area contributed by atoms with Crippen molar-refractivity contribution >= 4 is 17.3 Å². The second-order valence-corrected chi connectivity index (χ2v) is 4.61. The Morgan fingerprint density at radius 2 is 2.00 bits per heavy atom. The lowest BCUT2D eigenvalue weighted by atomic mass is 10.0. The number of nitrogens with one attached hydrogen (secondary N) is 1. The number of fused-ring (bicyclic) bond motifs is 1. The van der Waals surface area contributed by atoms with Gasteiger partial charge < -0.3 is 10.2 Å². The van der Waals surface area contributed by atoms with E-state index in [1.54, 1.807) is 0 Å². The highest BCUT2D eigenvalue weighted by atomic mass is 16.2. The smallest absolute Gasteiger partial charge is 0.246 e. The fourth-order valence-electron chi connectivity index (χ4n) is 2.18. The van der Waals surface area contributed by atoms with Crippen molar-refractivity contribution in [1.82, 2.24) is 0 Å². The lowest BCUT2D eigenvalue weighted by molar-refractivity contribution is -0.117. The van der Waals surface area contributed by atoms with E-state index in [9.17, 15) is 4.79 Å². The Morgan fingerprint density at radius 3 is 2.62 bits per heavy atom. The van der Waals surface area contributed by atoms with Gasteiger partial charge in [-0.1, -0.05) is 6.07 Å². The molecule has 2 rings (SSSR count). The number of anilines is 2. The van der Waals surface area contributed by atoms with Gasteiger partial charge >= 0.3 is 0 Å². The molecular formula is C13H18N2O. The van der Waals surface area contributed by atoms with E-state index < -0.39 is 0 Å². The molecule has 1 N–H and O–H groups in total. The number of nitrogens with zero attached hydrogens (tertiary/aromatic N) is 1. The van der Waals surface area contributed by atoms with Gasteiger partial charge in [0.25, 0.3) is 0 Å². The standard InChI is InChI=1S/C13H18N2O/c1-8(2)15-11-6-5-9(3)10(4)13(11)14-7-12(15)16/h5-6,8,14H,7H2,1-4H3. The number of hydrogen-bond donors (Lipinski definition) is 1. The van der Waals surface area contributed by atoms with Gasteiger partial charge in [-0.15, -0.1) is 0 Å². The lowest BCUT2D eigenvalue weighted by Crippen LogP contribution is -2.44. The number of carbonyl (C=O) groups is 1. The minimum Gasteiger partial charge on any atom is -0.374 e. The van der Waals surface area contributed by atoms with Crippen LogP contribution in [0.15, 0.2) is 12.1 Å². The molecule has 1 heterocycles. The highest BCUT2D eigenvalue weighted by Gasteiger charge is 2.27. The molecule has 0 aromatic heterocycles. The molecule has 1 amide bonds. The van der Waals surface area contributed by atoms with Gasteiger partial charge in [0, 0.05) is 6.04 Å². The summed E-state index contributed by atoms with van der Waals surface area (Å²) in [5.41, 5.74) is 4.60. The molecule has 0 saturated heterocycles. The van der Waals surface area contributed by atoms with Crippen LogP contribution in [0.3, 0.4) is 0 Å². The van der Waals surface area contributed by atoms with Crippen molar-refractivity contribution in [2.75, 3.05) is 16.8 Å². The van der Waals surface area contributed by atoms with E-state index in [1.165, 1.54) is 11.1 Å². The minimum atomic E-state index is 0.144. The van der Waals surface area contributed by atoms with Crippen LogP contribution in [0, 0.1) is 13.8 Å². The molecule has 1 aromatic rings. The van der Waals surface area contributed by atoms with Crippen molar-refractivity contribution in [3.8, 4) is 0 Å². The van der Waals surface area contributed by atoms with E-state index in [-0.39, 0.29) is 11.9 Å². The molecule has 1 aromatic carbocycles. The number of aryl methyl sites for hydroxylation is 1. The van der Waals surface area contributed by atoms with Gasteiger partial charge in [-0.25, -0.2) is 0 Å². The SMILES string of the molecule is Cc1ccc2c(c1C)NCC(=O)N2C(C)C. The molecule has 0 atom stereocenters. The van der Waals surface area contributed by atoms with E-state index >= 15 is 0 Å². The van der Waals surface area contributed by atoms with Gasteiger partial charge in [0.1, 0.15) is 0 Å². The van der Waals surface area contributed by atoms with Gasteiger partial charge in [0.15, 0.2) is 0 Å². The van der Waals surface area contributed by atoms with Crippen molar-refractivity contribution in [2.45, 2.75) is 33.7 Å². The number of rotatable bonds is 1. The number of benzene rings is 1. The molecule has 3 nitrogen and oxygen atoms in total. The van der Waals surface area contributed by atoms with Crippen LogP contribution in [0.4, 0.5) is 11.4 Å². The monoisotopic (exact) mass is 218 g/mol. The van der Waals surface area contributed by atoms with Gasteiger partial charge in [-0.2, -0.15) is 0 Å². The first-order valence-electron chi connectivity index (χ1n) is 5.68. The van der Waals surface area contributed by atoms with Crippen LogP contribution < -0.4 is 10.2 Å². The van der Waals surface area contributed by atoms with Crippen LogP contribution in [-0.2, 0) is 4.79 Å². The van der Waals surface area contributed by atoms with E-state index in [4.69, 9.17) is 0 Å². The third kappa shape index (κ3) is 1.56. The molecule has 0 saturated carbocycles. The molecule has 86 valence electrons. The number of carbonyl (C=O) groups excluding carboxylic acids is 1. The fraction of sp³-hybridized carbons (Fsp3) is 0.462. The third-order valence-electron chi connectivity index (χ3n) is 3.17. The lowest BCUT2D eigenvalue weighted by Gasteiger charge is -2.34. The summed E-state index contributed by atoms with van der Waals surface area (Å²) in [7, 11) is 0. The molecule has 0 fully saturated rings. The van der Waals surface area contributed by atoms with Crippen molar-refractivity contribution in [3.63, 3.8) is 0 Å². The maximum Gasteiger partial charge on any atom is 0.246 e. The number of amides is 1. The summed E-state index contributed by atoms with van der Waals surface area (Å²) in [5, 5.41) is 3.22. The Balaban J connectivity index is 2.57. The second-order valence-electron chi connectivity index (χ2n) is 4.61. The van der Waals surface area contributed by atoms with Crippen molar-refractivity contribution in [2.24, 2.45) is 0 Å². The molecule has 0 aliphatic carbocycles. The Bertz CT molecular complexity index is 438. The normalized spacial score (nSPS) is 15.1. The average molecular weight is 218 g/mol.